The number of carbonyl (C=O) groups excluding carboxylic acids is 1. The Hall–Kier alpha value is -1.56. The highest BCUT2D eigenvalue weighted by atomic mass is 16.2. The lowest BCUT2D eigenvalue weighted by Crippen LogP contribution is -2.33. The Labute approximate surface area is 113 Å². The first-order chi connectivity index (χ1) is 8.99. The summed E-state index contributed by atoms with van der Waals surface area (Å²) in [4.78, 5) is 14.5. The summed E-state index contributed by atoms with van der Waals surface area (Å²) in [5.41, 5.74) is 6.60. The first kappa shape index (κ1) is 13.9. The maximum absolute atomic E-state index is 12.1. The topological polar surface area (TPSA) is 76.2 Å². The van der Waals surface area contributed by atoms with Crippen molar-refractivity contribution in [3.63, 3.8) is 0 Å². The van der Waals surface area contributed by atoms with Gasteiger partial charge in [-0.15, -0.1) is 0 Å². The van der Waals surface area contributed by atoms with E-state index in [0.717, 1.165) is 19.5 Å². The average Bonchev–Trinajstić information content (AvgIpc) is 2.94. The van der Waals surface area contributed by atoms with Crippen LogP contribution in [0.5, 0.6) is 0 Å². The Balaban J connectivity index is 1.85. The Bertz CT molecular complexity index is 434. The van der Waals surface area contributed by atoms with Crippen molar-refractivity contribution in [2.75, 3.05) is 25.4 Å². The lowest BCUT2D eigenvalue weighted by atomic mass is 10.1. The summed E-state index contributed by atoms with van der Waals surface area (Å²) in [5, 5.41) is 6.94. The molecule has 1 aromatic rings. The van der Waals surface area contributed by atoms with E-state index in [4.69, 9.17) is 5.73 Å². The molecule has 0 aliphatic carbocycles. The summed E-state index contributed by atoms with van der Waals surface area (Å²) in [6.07, 6.45) is 2.64. The lowest BCUT2D eigenvalue weighted by Gasteiger charge is -2.20. The van der Waals surface area contributed by atoms with E-state index in [0.29, 0.717) is 29.9 Å². The number of nitrogens with one attached hydrogen (secondary N) is 1. The molecule has 19 heavy (non-hydrogen) atoms. The predicted octanol–water partition coefficient (Wildman–Crippen LogP) is 0.462. The zero-order valence-corrected chi connectivity index (χ0v) is 11.9. The van der Waals surface area contributed by atoms with E-state index in [-0.39, 0.29) is 5.91 Å². The molecule has 6 nitrogen and oxygen atoms in total. The molecule has 1 saturated heterocycles. The standard InChI is InChI=1S/C13H23N5O/c1-9(2)18-5-4-10(8-18)6-15-13(19)12-11(14)7-16-17(12)3/h7,9-10H,4-6,8,14H2,1-3H3,(H,15,19). The Morgan fingerprint density at radius 3 is 2.89 bits per heavy atom. The molecule has 1 aliphatic rings. The molecular formula is C13H23N5O. The van der Waals surface area contributed by atoms with Crippen LogP contribution in [0.4, 0.5) is 5.69 Å². The van der Waals surface area contributed by atoms with Gasteiger partial charge in [0.15, 0.2) is 0 Å². The highest BCUT2D eigenvalue weighted by molar-refractivity contribution is 5.97. The van der Waals surface area contributed by atoms with Gasteiger partial charge in [-0.2, -0.15) is 5.10 Å². The molecular weight excluding hydrogens is 242 g/mol. The average molecular weight is 265 g/mol. The highest BCUT2D eigenvalue weighted by Crippen LogP contribution is 2.18. The maximum atomic E-state index is 12.1. The van der Waals surface area contributed by atoms with Crippen LogP contribution in [0.3, 0.4) is 0 Å². The van der Waals surface area contributed by atoms with Crippen LogP contribution in [0.25, 0.3) is 0 Å². The van der Waals surface area contributed by atoms with Gasteiger partial charge in [-0.05, 0) is 32.7 Å². The molecule has 106 valence electrons. The number of nitrogens with two attached hydrogens (primary N) is 1. The predicted molar refractivity (Wildman–Crippen MR) is 74.8 cm³/mol. The van der Waals surface area contributed by atoms with Gasteiger partial charge < -0.3 is 16.0 Å². The zero-order valence-electron chi connectivity index (χ0n) is 11.9. The van der Waals surface area contributed by atoms with Gasteiger partial charge in [0.1, 0.15) is 5.69 Å². The van der Waals surface area contributed by atoms with Crippen LogP contribution in [0.1, 0.15) is 30.8 Å². The van der Waals surface area contributed by atoms with E-state index in [9.17, 15) is 4.79 Å². The molecule has 2 heterocycles. The number of amides is 1. The normalized spacial score (nSPS) is 20.1. The monoisotopic (exact) mass is 265 g/mol. The van der Waals surface area contributed by atoms with Gasteiger partial charge in [-0.25, -0.2) is 0 Å². The van der Waals surface area contributed by atoms with Crippen molar-refractivity contribution in [3.05, 3.63) is 11.9 Å². The van der Waals surface area contributed by atoms with Crippen LogP contribution in [0.2, 0.25) is 0 Å². The number of rotatable bonds is 4. The van der Waals surface area contributed by atoms with E-state index in [1.54, 1.807) is 7.05 Å². The smallest absolute Gasteiger partial charge is 0.271 e. The summed E-state index contributed by atoms with van der Waals surface area (Å²) in [5.74, 6) is 0.390. The molecule has 2 rings (SSSR count). The van der Waals surface area contributed by atoms with Crippen LogP contribution >= 0.6 is 0 Å². The second kappa shape index (κ2) is 5.61. The summed E-state index contributed by atoms with van der Waals surface area (Å²) in [7, 11) is 1.72. The second-order valence-electron chi connectivity index (χ2n) is 5.53. The second-order valence-corrected chi connectivity index (χ2v) is 5.53. The number of aryl methyl sites for hydroxylation is 1. The molecule has 1 amide bonds. The number of likely N-dealkylation sites (tertiary alicyclic amines) is 1. The molecule has 1 aliphatic heterocycles. The third-order valence-corrected chi connectivity index (χ3v) is 3.78. The molecule has 3 N–H and O–H groups in total. The van der Waals surface area contributed by atoms with Crippen molar-refractivity contribution in [1.82, 2.24) is 20.0 Å². The van der Waals surface area contributed by atoms with Crippen LogP contribution in [0.15, 0.2) is 6.20 Å². The van der Waals surface area contributed by atoms with Crippen molar-refractivity contribution < 1.29 is 4.79 Å². The van der Waals surface area contributed by atoms with Crippen LogP contribution in [0, 0.1) is 5.92 Å². The zero-order chi connectivity index (χ0) is 14.0. The van der Waals surface area contributed by atoms with Crippen molar-refractivity contribution in [1.29, 1.82) is 0 Å². The number of hydrogen-bond acceptors (Lipinski definition) is 4. The van der Waals surface area contributed by atoms with E-state index < -0.39 is 0 Å². The molecule has 0 aromatic carbocycles. The van der Waals surface area contributed by atoms with Crippen molar-refractivity contribution >= 4 is 11.6 Å². The molecule has 0 bridgehead atoms. The Kier molecular flexibility index (Phi) is 4.09. The third kappa shape index (κ3) is 3.07. The SMILES string of the molecule is CC(C)N1CCC(CNC(=O)c2c(N)cnn2C)C1. The number of nitrogen functional groups attached to an aromatic ring is 1. The fraction of sp³-hybridized carbons (Fsp3) is 0.692. The summed E-state index contributed by atoms with van der Waals surface area (Å²) in [6.45, 7) is 7.28. The molecule has 1 fully saturated rings. The summed E-state index contributed by atoms with van der Waals surface area (Å²) >= 11 is 0. The lowest BCUT2D eigenvalue weighted by molar-refractivity contribution is 0.0938. The number of carbonyl (C=O) groups is 1. The Morgan fingerprint density at radius 2 is 2.37 bits per heavy atom. The van der Waals surface area contributed by atoms with E-state index in [2.05, 4.69) is 29.2 Å². The molecule has 6 heteroatoms. The Morgan fingerprint density at radius 1 is 1.63 bits per heavy atom. The molecule has 0 radical (unpaired) electrons. The molecule has 1 atom stereocenters. The van der Waals surface area contributed by atoms with Crippen LogP contribution in [-0.4, -0.2) is 46.3 Å². The largest absolute Gasteiger partial charge is 0.396 e. The first-order valence-electron chi connectivity index (χ1n) is 6.78. The quantitative estimate of drug-likeness (QED) is 0.829. The van der Waals surface area contributed by atoms with Gasteiger partial charge >= 0.3 is 0 Å². The van der Waals surface area contributed by atoms with Gasteiger partial charge in [0, 0.05) is 26.2 Å². The highest BCUT2D eigenvalue weighted by Gasteiger charge is 2.25. The summed E-state index contributed by atoms with van der Waals surface area (Å²) < 4.78 is 1.51. The number of aromatic nitrogens is 2. The third-order valence-electron chi connectivity index (χ3n) is 3.78. The minimum absolute atomic E-state index is 0.138. The van der Waals surface area contributed by atoms with E-state index in [1.807, 2.05) is 0 Å². The van der Waals surface area contributed by atoms with Crippen LogP contribution < -0.4 is 11.1 Å². The number of hydrogen-bond donors (Lipinski definition) is 2. The van der Waals surface area contributed by atoms with Crippen molar-refractivity contribution in [2.45, 2.75) is 26.3 Å². The molecule has 0 spiro atoms. The number of anilines is 1. The van der Waals surface area contributed by atoms with Crippen molar-refractivity contribution in [2.24, 2.45) is 13.0 Å². The van der Waals surface area contributed by atoms with Gasteiger partial charge in [0.25, 0.3) is 5.91 Å². The molecule has 1 aromatic heterocycles. The molecule has 1 unspecified atom stereocenters. The van der Waals surface area contributed by atoms with Gasteiger partial charge in [-0.3, -0.25) is 9.48 Å². The van der Waals surface area contributed by atoms with Gasteiger partial charge in [-0.1, -0.05) is 0 Å². The van der Waals surface area contributed by atoms with Crippen molar-refractivity contribution in [3.8, 4) is 0 Å². The van der Waals surface area contributed by atoms with E-state index >= 15 is 0 Å². The fourth-order valence-electron chi connectivity index (χ4n) is 2.55. The van der Waals surface area contributed by atoms with Crippen LogP contribution in [-0.2, 0) is 7.05 Å². The summed E-state index contributed by atoms with van der Waals surface area (Å²) in [6, 6.07) is 0.577. The van der Waals surface area contributed by atoms with Gasteiger partial charge in [0.2, 0.25) is 0 Å². The fourth-order valence-corrected chi connectivity index (χ4v) is 2.55. The minimum atomic E-state index is -0.138. The maximum Gasteiger partial charge on any atom is 0.271 e. The minimum Gasteiger partial charge on any atom is -0.396 e. The van der Waals surface area contributed by atoms with E-state index in [1.165, 1.54) is 10.9 Å². The van der Waals surface area contributed by atoms with Gasteiger partial charge in [0.05, 0.1) is 11.9 Å². The first-order valence-corrected chi connectivity index (χ1v) is 6.78. The molecule has 0 saturated carbocycles. The number of nitrogens with zero attached hydrogens (tertiary/aromatic N) is 3.